The monoisotopic (exact) mass is 244 g/mol. The van der Waals surface area contributed by atoms with E-state index in [0.717, 1.165) is 12.8 Å². The molecule has 0 heterocycles. The molecule has 6 heteroatoms. The maximum absolute atomic E-state index is 11.4. The van der Waals surface area contributed by atoms with E-state index in [1.54, 1.807) is 0 Å². The summed E-state index contributed by atoms with van der Waals surface area (Å²) in [5.74, 6) is -0.538. The molecule has 2 unspecified atom stereocenters. The molecular formula is C11H20N2O4. The van der Waals surface area contributed by atoms with Crippen molar-refractivity contribution in [2.45, 2.75) is 44.8 Å². The van der Waals surface area contributed by atoms with Crippen LogP contribution in [0.2, 0.25) is 0 Å². The number of amides is 2. The number of urea groups is 1. The first-order valence-electron chi connectivity index (χ1n) is 5.79. The molecule has 0 spiro atoms. The Hall–Kier alpha value is -1.30. The van der Waals surface area contributed by atoms with E-state index in [4.69, 9.17) is 5.11 Å². The first-order valence-corrected chi connectivity index (χ1v) is 5.79. The minimum atomic E-state index is -1.42. The maximum atomic E-state index is 11.4. The standard InChI is InChI=1S/C11H20N2O4/c1-7(8-3-4-8)13-10(16)12-6-11(2,17)5-9(14)15/h7-8,17H,3-6H2,1-2H3,(H,14,15)(H2,12,13,16). The molecule has 0 bridgehead atoms. The van der Waals surface area contributed by atoms with Crippen molar-refractivity contribution in [1.82, 2.24) is 10.6 Å². The average molecular weight is 244 g/mol. The summed E-state index contributed by atoms with van der Waals surface area (Å²) < 4.78 is 0. The van der Waals surface area contributed by atoms with Gasteiger partial charge in [0.05, 0.1) is 12.0 Å². The van der Waals surface area contributed by atoms with E-state index in [1.165, 1.54) is 6.92 Å². The summed E-state index contributed by atoms with van der Waals surface area (Å²) in [6.45, 7) is 3.24. The number of carbonyl (C=O) groups is 2. The fraction of sp³-hybridized carbons (Fsp3) is 0.818. The molecule has 17 heavy (non-hydrogen) atoms. The third-order valence-corrected chi connectivity index (χ3v) is 2.85. The van der Waals surface area contributed by atoms with Gasteiger partial charge in [-0.2, -0.15) is 0 Å². The van der Waals surface area contributed by atoms with E-state index in [1.807, 2.05) is 6.92 Å². The Kier molecular flexibility index (Phi) is 4.34. The molecule has 0 radical (unpaired) electrons. The van der Waals surface area contributed by atoms with Gasteiger partial charge < -0.3 is 20.8 Å². The number of carboxylic acid groups (broad SMARTS) is 1. The Labute approximate surface area is 100 Å². The molecule has 2 atom stereocenters. The molecule has 1 fully saturated rings. The van der Waals surface area contributed by atoms with Gasteiger partial charge in [0.1, 0.15) is 0 Å². The highest BCUT2D eigenvalue weighted by Gasteiger charge is 2.29. The average Bonchev–Trinajstić information content (AvgIpc) is 2.95. The summed E-state index contributed by atoms with van der Waals surface area (Å²) in [6.07, 6.45) is 1.88. The van der Waals surface area contributed by atoms with Crippen molar-refractivity contribution in [3.05, 3.63) is 0 Å². The minimum Gasteiger partial charge on any atom is -0.481 e. The Balaban J connectivity index is 2.24. The van der Waals surface area contributed by atoms with Gasteiger partial charge in [-0.25, -0.2) is 4.79 Å². The summed E-state index contributed by atoms with van der Waals surface area (Å²) in [7, 11) is 0. The lowest BCUT2D eigenvalue weighted by Crippen LogP contribution is -2.48. The van der Waals surface area contributed by atoms with E-state index in [-0.39, 0.29) is 18.6 Å². The van der Waals surface area contributed by atoms with Crippen LogP contribution in [0, 0.1) is 5.92 Å². The van der Waals surface area contributed by atoms with Gasteiger partial charge in [-0.05, 0) is 32.6 Å². The van der Waals surface area contributed by atoms with Gasteiger partial charge in [0.25, 0.3) is 0 Å². The number of aliphatic hydroxyl groups is 1. The SMILES string of the molecule is CC(NC(=O)NCC(C)(O)CC(=O)O)C1CC1. The zero-order valence-electron chi connectivity index (χ0n) is 10.2. The summed E-state index contributed by atoms with van der Waals surface area (Å²) >= 11 is 0. The van der Waals surface area contributed by atoms with E-state index < -0.39 is 18.0 Å². The molecule has 1 rings (SSSR count). The molecule has 0 aromatic carbocycles. The second-order valence-corrected chi connectivity index (χ2v) is 5.02. The molecule has 0 aromatic heterocycles. The lowest BCUT2D eigenvalue weighted by Gasteiger charge is -2.22. The first kappa shape index (κ1) is 13.8. The molecule has 1 saturated carbocycles. The van der Waals surface area contributed by atoms with Crippen molar-refractivity contribution in [2.75, 3.05) is 6.54 Å². The zero-order chi connectivity index (χ0) is 13.1. The van der Waals surface area contributed by atoms with Crippen LogP contribution in [0.3, 0.4) is 0 Å². The Bertz CT molecular complexity index is 300. The van der Waals surface area contributed by atoms with E-state index in [2.05, 4.69) is 10.6 Å². The van der Waals surface area contributed by atoms with Crippen LogP contribution in [0.25, 0.3) is 0 Å². The second-order valence-electron chi connectivity index (χ2n) is 5.02. The van der Waals surface area contributed by atoms with Crippen LogP contribution in [0.4, 0.5) is 4.79 Å². The normalized spacial score (nSPS) is 20.2. The van der Waals surface area contributed by atoms with Crippen molar-refractivity contribution < 1.29 is 19.8 Å². The molecule has 0 saturated heterocycles. The summed E-state index contributed by atoms with van der Waals surface area (Å²) in [5, 5.41) is 23.5. The lowest BCUT2D eigenvalue weighted by molar-refractivity contribution is -0.141. The molecule has 1 aliphatic carbocycles. The van der Waals surface area contributed by atoms with Crippen LogP contribution in [-0.4, -0.2) is 40.4 Å². The van der Waals surface area contributed by atoms with Gasteiger partial charge in [0.15, 0.2) is 0 Å². The van der Waals surface area contributed by atoms with Crippen molar-refractivity contribution in [1.29, 1.82) is 0 Å². The predicted molar refractivity (Wildman–Crippen MR) is 61.6 cm³/mol. The molecule has 1 aliphatic rings. The first-order chi connectivity index (χ1) is 7.80. The topological polar surface area (TPSA) is 98.7 Å². The van der Waals surface area contributed by atoms with Crippen LogP contribution in [-0.2, 0) is 4.79 Å². The molecule has 4 N–H and O–H groups in total. The highest BCUT2D eigenvalue weighted by atomic mass is 16.4. The van der Waals surface area contributed by atoms with Crippen LogP contribution >= 0.6 is 0 Å². The zero-order valence-corrected chi connectivity index (χ0v) is 10.2. The Morgan fingerprint density at radius 2 is 2.06 bits per heavy atom. The van der Waals surface area contributed by atoms with Crippen molar-refractivity contribution in [3.63, 3.8) is 0 Å². The van der Waals surface area contributed by atoms with Gasteiger partial charge in [0.2, 0.25) is 0 Å². The fourth-order valence-electron chi connectivity index (χ4n) is 1.63. The van der Waals surface area contributed by atoms with Crippen molar-refractivity contribution in [2.24, 2.45) is 5.92 Å². The maximum Gasteiger partial charge on any atom is 0.315 e. The smallest absolute Gasteiger partial charge is 0.315 e. The number of nitrogens with one attached hydrogen (secondary N) is 2. The molecular weight excluding hydrogens is 224 g/mol. The lowest BCUT2D eigenvalue weighted by atomic mass is 10.0. The van der Waals surface area contributed by atoms with E-state index in [9.17, 15) is 14.7 Å². The number of carbonyl (C=O) groups excluding carboxylic acids is 1. The minimum absolute atomic E-state index is 0.0808. The number of hydrogen-bond acceptors (Lipinski definition) is 3. The van der Waals surface area contributed by atoms with Crippen molar-refractivity contribution in [3.8, 4) is 0 Å². The third-order valence-electron chi connectivity index (χ3n) is 2.85. The van der Waals surface area contributed by atoms with Crippen LogP contribution in [0.1, 0.15) is 33.1 Å². The van der Waals surface area contributed by atoms with E-state index >= 15 is 0 Å². The molecule has 2 amide bonds. The summed E-state index contributed by atoms with van der Waals surface area (Å²) in [5.41, 5.74) is -1.42. The van der Waals surface area contributed by atoms with Crippen LogP contribution in [0.5, 0.6) is 0 Å². The van der Waals surface area contributed by atoms with Gasteiger partial charge in [-0.3, -0.25) is 4.79 Å². The molecule has 0 aromatic rings. The number of carboxylic acids is 1. The van der Waals surface area contributed by atoms with Crippen LogP contribution < -0.4 is 10.6 Å². The summed E-state index contributed by atoms with van der Waals surface area (Å²) in [4.78, 5) is 21.9. The van der Waals surface area contributed by atoms with Gasteiger partial charge >= 0.3 is 12.0 Å². The highest BCUT2D eigenvalue weighted by molar-refractivity contribution is 5.74. The quantitative estimate of drug-likeness (QED) is 0.540. The van der Waals surface area contributed by atoms with Gasteiger partial charge in [-0.1, -0.05) is 0 Å². The fourth-order valence-corrected chi connectivity index (χ4v) is 1.63. The Morgan fingerprint density at radius 3 is 2.53 bits per heavy atom. The Morgan fingerprint density at radius 1 is 1.47 bits per heavy atom. The highest BCUT2D eigenvalue weighted by Crippen LogP contribution is 2.32. The van der Waals surface area contributed by atoms with Gasteiger partial charge in [0, 0.05) is 12.6 Å². The summed E-state index contributed by atoms with van der Waals surface area (Å²) in [6, 6.07) is -0.241. The largest absolute Gasteiger partial charge is 0.481 e. The molecule has 6 nitrogen and oxygen atoms in total. The molecule has 0 aliphatic heterocycles. The van der Waals surface area contributed by atoms with E-state index in [0.29, 0.717) is 5.92 Å². The predicted octanol–water partition coefficient (Wildman–Crippen LogP) is 0.310. The van der Waals surface area contributed by atoms with Crippen molar-refractivity contribution >= 4 is 12.0 Å². The number of aliphatic carboxylic acids is 1. The molecule has 98 valence electrons. The second kappa shape index (κ2) is 5.35. The van der Waals surface area contributed by atoms with Crippen LogP contribution in [0.15, 0.2) is 0 Å². The number of hydrogen-bond donors (Lipinski definition) is 4. The number of rotatable bonds is 6. The van der Waals surface area contributed by atoms with Gasteiger partial charge in [-0.15, -0.1) is 0 Å². The third kappa shape index (κ3) is 5.53.